The lowest BCUT2D eigenvalue weighted by atomic mass is 10.2. The molecule has 0 aliphatic rings. The molecule has 1 heterocycles. The number of hydrogen-bond donors (Lipinski definition) is 1. The fourth-order valence-electron chi connectivity index (χ4n) is 2.01. The van der Waals surface area contributed by atoms with Gasteiger partial charge in [0.2, 0.25) is 0 Å². The smallest absolute Gasteiger partial charge is 0.112 e. The largest absolute Gasteiger partial charge is 0.378 e. The standard InChI is InChI=1S/C17H13N3S/c18-10-13-5-4-8-15(9-13)19-11-17-20-16(12-21-17)14-6-2-1-3-7-14/h1-9,12,19H,11H2. The molecular weight excluding hydrogens is 278 g/mol. The second kappa shape index (κ2) is 6.21. The van der Waals surface area contributed by atoms with Crippen LogP contribution in [0, 0.1) is 11.3 Å². The Morgan fingerprint density at radius 2 is 1.95 bits per heavy atom. The van der Waals surface area contributed by atoms with Crippen molar-refractivity contribution in [1.29, 1.82) is 5.26 Å². The lowest BCUT2D eigenvalue weighted by Crippen LogP contribution is -1.99. The Morgan fingerprint density at radius 1 is 1.10 bits per heavy atom. The molecule has 1 N–H and O–H groups in total. The van der Waals surface area contributed by atoms with E-state index in [1.807, 2.05) is 36.4 Å². The van der Waals surface area contributed by atoms with Gasteiger partial charge in [-0.15, -0.1) is 11.3 Å². The van der Waals surface area contributed by atoms with Gasteiger partial charge in [-0.05, 0) is 18.2 Å². The molecule has 0 fully saturated rings. The van der Waals surface area contributed by atoms with Crippen molar-refractivity contribution in [2.45, 2.75) is 6.54 Å². The average Bonchev–Trinajstić information content (AvgIpc) is 3.03. The fraction of sp³-hybridized carbons (Fsp3) is 0.0588. The second-order valence-electron chi connectivity index (χ2n) is 4.54. The highest BCUT2D eigenvalue weighted by Crippen LogP contribution is 2.22. The minimum absolute atomic E-state index is 0.657. The van der Waals surface area contributed by atoms with Crippen LogP contribution < -0.4 is 5.32 Å². The summed E-state index contributed by atoms with van der Waals surface area (Å²) >= 11 is 1.63. The van der Waals surface area contributed by atoms with E-state index in [1.54, 1.807) is 17.4 Å². The first kappa shape index (κ1) is 13.3. The normalized spacial score (nSPS) is 10.0. The van der Waals surface area contributed by atoms with Gasteiger partial charge in [0.25, 0.3) is 0 Å². The van der Waals surface area contributed by atoms with Crippen molar-refractivity contribution >= 4 is 17.0 Å². The molecule has 0 atom stereocenters. The van der Waals surface area contributed by atoms with E-state index < -0.39 is 0 Å². The Kier molecular flexibility index (Phi) is 3.95. The van der Waals surface area contributed by atoms with Crippen molar-refractivity contribution in [1.82, 2.24) is 4.98 Å². The third-order valence-corrected chi connectivity index (χ3v) is 3.91. The maximum atomic E-state index is 8.89. The zero-order valence-electron chi connectivity index (χ0n) is 11.3. The molecule has 0 spiro atoms. The van der Waals surface area contributed by atoms with E-state index in [4.69, 9.17) is 5.26 Å². The molecule has 0 unspecified atom stereocenters. The SMILES string of the molecule is N#Cc1cccc(NCc2nc(-c3ccccc3)cs2)c1. The number of thiazole rings is 1. The molecule has 0 radical (unpaired) electrons. The number of nitrogens with zero attached hydrogens (tertiary/aromatic N) is 2. The molecule has 0 bridgehead atoms. The summed E-state index contributed by atoms with van der Waals surface area (Å²) in [6.45, 7) is 0.659. The van der Waals surface area contributed by atoms with Crippen LogP contribution in [0.15, 0.2) is 60.0 Å². The van der Waals surface area contributed by atoms with Crippen LogP contribution in [-0.2, 0) is 6.54 Å². The topological polar surface area (TPSA) is 48.7 Å². The molecule has 21 heavy (non-hydrogen) atoms. The van der Waals surface area contributed by atoms with E-state index >= 15 is 0 Å². The summed E-state index contributed by atoms with van der Waals surface area (Å²) in [6.07, 6.45) is 0. The van der Waals surface area contributed by atoms with E-state index in [0.29, 0.717) is 12.1 Å². The van der Waals surface area contributed by atoms with Gasteiger partial charge in [-0.2, -0.15) is 5.26 Å². The Bertz CT molecular complexity index is 772. The molecule has 0 aliphatic heterocycles. The average molecular weight is 291 g/mol. The zero-order chi connectivity index (χ0) is 14.5. The summed E-state index contributed by atoms with van der Waals surface area (Å²) in [5, 5.41) is 15.3. The van der Waals surface area contributed by atoms with Crippen molar-refractivity contribution in [2.24, 2.45) is 0 Å². The third-order valence-electron chi connectivity index (χ3n) is 3.06. The molecule has 0 saturated heterocycles. The fourth-order valence-corrected chi connectivity index (χ4v) is 2.75. The molecule has 3 rings (SSSR count). The Hall–Kier alpha value is -2.64. The molecule has 3 aromatic rings. The van der Waals surface area contributed by atoms with Gasteiger partial charge in [0, 0.05) is 16.6 Å². The molecule has 0 saturated carbocycles. The van der Waals surface area contributed by atoms with Gasteiger partial charge in [0.1, 0.15) is 5.01 Å². The van der Waals surface area contributed by atoms with Crippen molar-refractivity contribution in [3.63, 3.8) is 0 Å². The molecule has 0 aliphatic carbocycles. The van der Waals surface area contributed by atoms with Gasteiger partial charge in [0.05, 0.1) is 23.9 Å². The number of aromatic nitrogens is 1. The van der Waals surface area contributed by atoms with Gasteiger partial charge >= 0.3 is 0 Å². The molecule has 3 nitrogen and oxygen atoms in total. The molecule has 4 heteroatoms. The summed E-state index contributed by atoms with van der Waals surface area (Å²) in [6, 6.07) is 19.7. The van der Waals surface area contributed by atoms with Crippen LogP contribution in [0.5, 0.6) is 0 Å². The highest BCUT2D eigenvalue weighted by atomic mass is 32.1. The van der Waals surface area contributed by atoms with Crippen molar-refractivity contribution in [3.05, 3.63) is 70.5 Å². The first-order chi connectivity index (χ1) is 10.3. The summed E-state index contributed by atoms with van der Waals surface area (Å²) < 4.78 is 0. The molecular formula is C17H13N3S. The first-order valence-corrected chi connectivity index (χ1v) is 7.47. The number of rotatable bonds is 4. The molecule has 2 aromatic carbocycles. The highest BCUT2D eigenvalue weighted by molar-refractivity contribution is 7.09. The Balaban J connectivity index is 1.69. The number of benzene rings is 2. The van der Waals surface area contributed by atoms with E-state index in [-0.39, 0.29) is 0 Å². The van der Waals surface area contributed by atoms with Crippen molar-refractivity contribution in [2.75, 3.05) is 5.32 Å². The summed E-state index contributed by atoms with van der Waals surface area (Å²) in [5.74, 6) is 0. The number of nitriles is 1. The number of hydrogen-bond acceptors (Lipinski definition) is 4. The van der Waals surface area contributed by atoms with Crippen molar-refractivity contribution in [3.8, 4) is 17.3 Å². The zero-order valence-corrected chi connectivity index (χ0v) is 12.1. The van der Waals surface area contributed by atoms with Crippen LogP contribution in [0.1, 0.15) is 10.6 Å². The van der Waals surface area contributed by atoms with E-state index in [9.17, 15) is 0 Å². The van der Waals surface area contributed by atoms with E-state index in [2.05, 4.69) is 33.9 Å². The predicted octanol–water partition coefficient (Wildman–Crippen LogP) is 4.29. The summed E-state index contributed by atoms with van der Waals surface area (Å²) in [4.78, 5) is 4.63. The highest BCUT2D eigenvalue weighted by Gasteiger charge is 2.04. The second-order valence-corrected chi connectivity index (χ2v) is 5.48. The lowest BCUT2D eigenvalue weighted by Gasteiger charge is -2.04. The number of nitrogens with one attached hydrogen (secondary N) is 1. The maximum absolute atomic E-state index is 8.89. The Morgan fingerprint density at radius 3 is 2.76 bits per heavy atom. The predicted molar refractivity (Wildman–Crippen MR) is 86.0 cm³/mol. The number of anilines is 1. The molecule has 0 amide bonds. The van der Waals surface area contributed by atoms with Gasteiger partial charge < -0.3 is 5.32 Å². The lowest BCUT2D eigenvalue weighted by molar-refractivity contribution is 1.11. The van der Waals surface area contributed by atoms with Gasteiger partial charge in [0.15, 0.2) is 0 Å². The van der Waals surface area contributed by atoms with Crippen LogP contribution >= 0.6 is 11.3 Å². The van der Waals surface area contributed by atoms with Crippen molar-refractivity contribution < 1.29 is 0 Å². The molecule has 102 valence electrons. The monoisotopic (exact) mass is 291 g/mol. The van der Waals surface area contributed by atoms with Crippen LogP contribution in [0.2, 0.25) is 0 Å². The summed E-state index contributed by atoms with van der Waals surface area (Å²) in [7, 11) is 0. The Labute approximate surface area is 127 Å². The quantitative estimate of drug-likeness (QED) is 0.780. The van der Waals surface area contributed by atoms with Crippen LogP contribution in [0.3, 0.4) is 0 Å². The van der Waals surface area contributed by atoms with Gasteiger partial charge in [-0.1, -0.05) is 36.4 Å². The summed E-state index contributed by atoms with van der Waals surface area (Å²) in [5.41, 5.74) is 3.73. The van der Waals surface area contributed by atoms with Gasteiger partial charge in [-0.3, -0.25) is 0 Å². The minimum Gasteiger partial charge on any atom is -0.378 e. The molecule has 1 aromatic heterocycles. The third kappa shape index (κ3) is 3.28. The minimum atomic E-state index is 0.657. The van der Waals surface area contributed by atoms with Gasteiger partial charge in [-0.25, -0.2) is 4.98 Å². The van der Waals surface area contributed by atoms with E-state index in [1.165, 1.54) is 0 Å². The van der Waals surface area contributed by atoms with Crippen LogP contribution in [0.4, 0.5) is 5.69 Å². The van der Waals surface area contributed by atoms with Crippen LogP contribution in [0.25, 0.3) is 11.3 Å². The maximum Gasteiger partial charge on any atom is 0.112 e. The van der Waals surface area contributed by atoms with E-state index in [0.717, 1.165) is 22.0 Å². The first-order valence-electron chi connectivity index (χ1n) is 6.59. The van der Waals surface area contributed by atoms with Crippen LogP contribution in [-0.4, -0.2) is 4.98 Å².